The summed E-state index contributed by atoms with van der Waals surface area (Å²) in [6.07, 6.45) is 2.77. The predicted octanol–water partition coefficient (Wildman–Crippen LogP) is 1.29. The smallest absolute Gasteiger partial charge is 0.230 e. The van der Waals surface area contributed by atoms with Crippen LogP contribution >= 0.6 is 12.4 Å². The Labute approximate surface area is 110 Å². The van der Waals surface area contributed by atoms with E-state index in [0.717, 1.165) is 38.9 Å². The first-order valence-corrected chi connectivity index (χ1v) is 6.11. The van der Waals surface area contributed by atoms with Crippen LogP contribution in [-0.2, 0) is 9.53 Å². The van der Waals surface area contributed by atoms with Crippen LogP contribution in [0.3, 0.4) is 0 Å². The molecule has 0 aromatic carbocycles. The minimum Gasteiger partial charge on any atom is -0.384 e. The van der Waals surface area contributed by atoms with Crippen LogP contribution in [0.2, 0.25) is 0 Å². The summed E-state index contributed by atoms with van der Waals surface area (Å²) in [5.74, 6) is 0.248. The van der Waals surface area contributed by atoms with Gasteiger partial charge in [0.1, 0.15) is 0 Å². The number of hydrogen-bond donors (Lipinski definition) is 1. The van der Waals surface area contributed by atoms with Gasteiger partial charge in [-0.25, -0.2) is 0 Å². The Morgan fingerprint density at radius 2 is 2.00 bits per heavy atom. The van der Waals surface area contributed by atoms with Crippen LogP contribution in [0.1, 0.15) is 26.2 Å². The highest BCUT2D eigenvalue weighted by molar-refractivity contribution is 5.85. The van der Waals surface area contributed by atoms with Gasteiger partial charge in [0.2, 0.25) is 5.91 Å². The predicted molar refractivity (Wildman–Crippen MR) is 71.6 cm³/mol. The SMILES string of the molecule is CCCN(C)C(=O)C1(COC)CCNCC1.Cl. The molecule has 5 heteroatoms. The number of amides is 1. The van der Waals surface area contributed by atoms with Crippen molar-refractivity contribution in [3.05, 3.63) is 0 Å². The maximum Gasteiger partial charge on any atom is 0.230 e. The summed E-state index contributed by atoms with van der Waals surface area (Å²) in [4.78, 5) is 14.3. The van der Waals surface area contributed by atoms with E-state index in [0.29, 0.717) is 6.61 Å². The first-order valence-electron chi connectivity index (χ1n) is 6.11. The number of nitrogens with zero attached hydrogens (tertiary/aromatic N) is 1. The first-order chi connectivity index (χ1) is 7.66. The van der Waals surface area contributed by atoms with E-state index in [4.69, 9.17) is 4.74 Å². The average Bonchev–Trinajstić information content (AvgIpc) is 2.30. The summed E-state index contributed by atoms with van der Waals surface area (Å²) in [7, 11) is 3.57. The van der Waals surface area contributed by atoms with Gasteiger partial charge in [0, 0.05) is 20.7 Å². The van der Waals surface area contributed by atoms with E-state index in [-0.39, 0.29) is 23.7 Å². The normalized spacial score (nSPS) is 18.3. The molecule has 102 valence electrons. The molecule has 0 aromatic rings. The molecule has 17 heavy (non-hydrogen) atoms. The number of piperidine rings is 1. The highest BCUT2D eigenvalue weighted by atomic mass is 35.5. The maximum atomic E-state index is 12.4. The molecule has 1 aliphatic heterocycles. The zero-order valence-corrected chi connectivity index (χ0v) is 11.9. The van der Waals surface area contributed by atoms with Crippen molar-refractivity contribution < 1.29 is 9.53 Å². The van der Waals surface area contributed by atoms with E-state index in [1.54, 1.807) is 7.11 Å². The largest absolute Gasteiger partial charge is 0.384 e. The van der Waals surface area contributed by atoms with Crippen molar-refractivity contribution in [1.82, 2.24) is 10.2 Å². The molecule has 1 aliphatic rings. The third kappa shape index (κ3) is 4.12. The molecule has 0 radical (unpaired) electrons. The lowest BCUT2D eigenvalue weighted by Crippen LogP contribution is -2.50. The maximum absolute atomic E-state index is 12.4. The Morgan fingerprint density at radius 1 is 1.41 bits per heavy atom. The van der Waals surface area contributed by atoms with Crippen LogP contribution in [-0.4, -0.2) is 51.2 Å². The first kappa shape index (κ1) is 16.7. The third-order valence-electron chi connectivity index (χ3n) is 3.34. The molecule has 1 N–H and O–H groups in total. The van der Waals surface area contributed by atoms with Gasteiger partial charge in [-0.1, -0.05) is 6.92 Å². The molecular weight excluding hydrogens is 240 g/mol. The highest BCUT2D eigenvalue weighted by Gasteiger charge is 2.41. The monoisotopic (exact) mass is 264 g/mol. The van der Waals surface area contributed by atoms with Crippen molar-refractivity contribution in [2.45, 2.75) is 26.2 Å². The van der Waals surface area contributed by atoms with E-state index in [9.17, 15) is 4.79 Å². The lowest BCUT2D eigenvalue weighted by molar-refractivity contribution is -0.146. The quantitative estimate of drug-likeness (QED) is 0.814. The molecule has 0 unspecified atom stereocenters. The molecule has 1 amide bonds. The van der Waals surface area contributed by atoms with Gasteiger partial charge >= 0.3 is 0 Å². The molecule has 0 saturated carbocycles. The van der Waals surface area contributed by atoms with Crippen molar-refractivity contribution in [2.75, 3.05) is 40.4 Å². The second-order valence-corrected chi connectivity index (χ2v) is 4.69. The van der Waals surface area contributed by atoms with Gasteiger partial charge in [0.05, 0.1) is 12.0 Å². The Kier molecular flexibility index (Phi) is 7.75. The molecule has 0 aromatic heterocycles. The van der Waals surface area contributed by atoms with Crippen molar-refractivity contribution in [1.29, 1.82) is 0 Å². The van der Waals surface area contributed by atoms with Crippen LogP contribution in [0, 0.1) is 5.41 Å². The molecule has 4 nitrogen and oxygen atoms in total. The second-order valence-electron chi connectivity index (χ2n) is 4.69. The van der Waals surface area contributed by atoms with Gasteiger partial charge in [-0.05, 0) is 32.4 Å². The van der Waals surface area contributed by atoms with E-state index in [1.165, 1.54) is 0 Å². The molecule has 1 heterocycles. The molecule has 0 bridgehead atoms. The average molecular weight is 265 g/mol. The molecule has 1 rings (SSSR count). The minimum absolute atomic E-state index is 0. The van der Waals surface area contributed by atoms with Crippen LogP contribution < -0.4 is 5.32 Å². The van der Waals surface area contributed by atoms with E-state index in [2.05, 4.69) is 12.2 Å². The van der Waals surface area contributed by atoms with Crippen LogP contribution in [0.5, 0.6) is 0 Å². The van der Waals surface area contributed by atoms with Crippen LogP contribution in [0.15, 0.2) is 0 Å². The number of methoxy groups -OCH3 is 1. The number of nitrogens with one attached hydrogen (secondary N) is 1. The summed E-state index contributed by atoms with van der Waals surface area (Å²) in [5.41, 5.74) is -0.288. The number of carbonyl (C=O) groups is 1. The van der Waals surface area contributed by atoms with E-state index >= 15 is 0 Å². The minimum atomic E-state index is -0.288. The topological polar surface area (TPSA) is 41.6 Å². The van der Waals surface area contributed by atoms with E-state index in [1.807, 2.05) is 11.9 Å². The molecule has 0 spiro atoms. The standard InChI is InChI=1S/C12H24N2O2.ClH/c1-4-9-14(2)11(15)12(10-16-3)5-7-13-8-6-12;/h13H,4-10H2,1-3H3;1H. The van der Waals surface area contributed by atoms with E-state index < -0.39 is 0 Å². The number of hydrogen-bond acceptors (Lipinski definition) is 3. The van der Waals surface area contributed by atoms with Crippen LogP contribution in [0.4, 0.5) is 0 Å². The molecule has 1 fully saturated rings. The zero-order valence-electron chi connectivity index (χ0n) is 11.1. The third-order valence-corrected chi connectivity index (χ3v) is 3.34. The summed E-state index contributed by atoms with van der Waals surface area (Å²) in [6.45, 7) is 5.29. The number of rotatable bonds is 5. The fourth-order valence-corrected chi connectivity index (χ4v) is 2.44. The molecular formula is C12H25ClN2O2. The van der Waals surface area contributed by atoms with Gasteiger partial charge in [-0.3, -0.25) is 4.79 Å². The molecule has 0 atom stereocenters. The lowest BCUT2D eigenvalue weighted by atomic mass is 9.78. The summed E-state index contributed by atoms with van der Waals surface area (Å²) < 4.78 is 5.26. The fraction of sp³-hybridized carbons (Fsp3) is 0.917. The fourth-order valence-electron chi connectivity index (χ4n) is 2.44. The Morgan fingerprint density at radius 3 is 2.47 bits per heavy atom. The van der Waals surface area contributed by atoms with Gasteiger partial charge < -0.3 is 15.0 Å². The Balaban J connectivity index is 0.00000256. The van der Waals surface area contributed by atoms with Crippen molar-refractivity contribution in [3.8, 4) is 0 Å². The second kappa shape index (κ2) is 7.90. The lowest BCUT2D eigenvalue weighted by Gasteiger charge is -2.38. The highest BCUT2D eigenvalue weighted by Crippen LogP contribution is 2.31. The van der Waals surface area contributed by atoms with Crippen molar-refractivity contribution in [2.24, 2.45) is 5.41 Å². The number of halogens is 1. The van der Waals surface area contributed by atoms with Gasteiger partial charge in [-0.15, -0.1) is 12.4 Å². The summed E-state index contributed by atoms with van der Waals surface area (Å²) >= 11 is 0. The Hall–Kier alpha value is -0.320. The molecule has 1 saturated heterocycles. The van der Waals surface area contributed by atoms with Gasteiger partial charge in [0.15, 0.2) is 0 Å². The Bertz CT molecular complexity index is 225. The number of ether oxygens (including phenoxy) is 1. The zero-order chi connectivity index (χ0) is 12.0. The number of carbonyl (C=O) groups excluding carboxylic acids is 1. The van der Waals surface area contributed by atoms with Crippen LogP contribution in [0.25, 0.3) is 0 Å². The summed E-state index contributed by atoms with van der Waals surface area (Å²) in [5, 5.41) is 3.30. The molecule has 0 aliphatic carbocycles. The van der Waals surface area contributed by atoms with Gasteiger partial charge in [0.25, 0.3) is 0 Å². The van der Waals surface area contributed by atoms with Crippen molar-refractivity contribution in [3.63, 3.8) is 0 Å². The van der Waals surface area contributed by atoms with Crippen molar-refractivity contribution >= 4 is 18.3 Å². The van der Waals surface area contributed by atoms with Gasteiger partial charge in [-0.2, -0.15) is 0 Å². The summed E-state index contributed by atoms with van der Waals surface area (Å²) in [6, 6.07) is 0.